The maximum Gasteiger partial charge on any atom is 0.293 e. The zero-order valence-corrected chi connectivity index (χ0v) is 18.4. The molecule has 0 bridgehead atoms. The molecule has 1 fully saturated rings. The van der Waals surface area contributed by atoms with E-state index in [1.165, 1.54) is 4.90 Å². The number of fused-ring (bicyclic) bond motifs is 1. The number of benzene rings is 2. The number of nitrogens with zero attached hydrogens (tertiary/aromatic N) is 2. The monoisotopic (exact) mass is 420 g/mol. The second-order valence-electron chi connectivity index (χ2n) is 7.53. The first-order chi connectivity index (χ1) is 14.4. The molecule has 30 heavy (non-hydrogen) atoms. The van der Waals surface area contributed by atoms with Crippen molar-refractivity contribution in [3.05, 3.63) is 69.8 Å². The fourth-order valence-electron chi connectivity index (χ4n) is 3.67. The van der Waals surface area contributed by atoms with Gasteiger partial charge in [-0.05, 0) is 61.9 Å². The molecule has 5 nitrogen and oxygen atoms in total. The van der Waals surface area contributed by atoms with E-state index in [9.17, 15) is 9.59 Å². The SMILES string of the molecule is Cc1ccc(C)c(OCCN2C(=O)S/C(=C\c3c(C)n(C)c4ccccc34)C2=O)c1. The van der Waals surface area contributed by atoms with Crippen LogP contribution in [0.5, 0.6) is 5.75 Å². The standard InChI is InChI=1S/C24H24N2O3S/c1-15-9-10-16(2)21(13-15)29-12-11-26-23(27)22(30-24(26)28)14-19-17(3)25(4)20-8-6-5-7-18(19)20/h5-10,13-14H,11-12H2,1-4H3/b22-14-. The zero-order valence-electron chi connectivity index (χ0n) is 17.6. The number of hydrogen-bond acceptors (Lipinski definition) is 4. The number of rotatable bonds is 5. The fraction of sp³-hybridized carbons (Fsp3) is 0.250. The number of thioether (sulfide) groups is 1. The highest BCUT2D eigenvalue weighted by atomic mass is 32.2. The van der Waals surface area contributed by atoms with Crippen LogP contribution in [0.15, 0.2) is 47.4 Å². The fourth-order valence-corrected chi connectivity index (χ4v) is 4.51. The largest absolute Gasteiger partial charge is 0.491 e. The van der Waals surface area contributed by atoms with Crippen molar-refractivity contribution in [2.75, 3.05) is 13.2 Å². The van der Waals surface area contributed by atoms with E-state index in [4.69, 9.17) is 4.74 Å². The van der Waals surface area contributed by atoms with Crippen LogP contribution in [-0.2, 0) is 11.8 Å². The Hall–Kier alpha value is -2.99. The van der Waals surface area contributed by atoms with Crippen molar-refractivity contribution < 1.29 is 14.3 Å². The number of ether oxygens (including phenoxy) is 1. The van der Waals surface area contributed by atoms with Crippen LogP contribution in [0.4, 0.5) is 4.79 Å². The summed E-state index contributed by atoms with van der Waals surface area (Å²) in [5.74, 6) is 0.519. The number of hydrogen-bond donors (Lipinski definition) is 0. The lowest BCUT2D eigenvalue weighted by Gasteiger charge is -2.14. The second kappa shape index (κ2) is 8.03. The number of aryl methyl sites for hydroxylation is 3. The summed E-state index contributed by atoms with van der Waals surface area (Å²) in [6, 6.07) is 14.1. The van der Waals surface area contributed by atoms with E-state index in [2.05, 4.69) is 10.6 Å². The third-order valence-corrected chi connectivity index (χ3v) is 6.42. The minimum atomic E-state index is -0.262. The first-order valence-corrected chi connectivity index (χ1v) is 10.7. The Bertz CT molecular complexity index is 1190. The van der Waals surface area contributed by atoms with Crippen LogP contribution in [0.3, 0.4) is 0 Å². The average Bonchev–Trinajstić information content (AvgIpc) is 3.13. The van der Waals surface area contributed by atoms with Gasteiger partial charge in [0.15, 0.2) is 0 Å². The van der Waals surface area contributed by atoms with Gasteiger partial charge >= 0.3 is 0 Å². The summed E-state index contributed by atoms with van der Waals surface area (Å²) in [5.41, 5.74) is 5.27. The topological polar surface area (TPSA) is 51.5 Å². The van der Waals surface area contributed by atoms with E-state index in [1.807, 2.05) is 70.3 Å². The number of para-hydroxylation sites is 1. The second-order valence-corrected chi connectivity index (χ2v) is 8.52. The summed E-state index contributed by atoms with van der Waals surface area (Å²) in [6.07, 6.45) is 1.84. The van der Waals surface area contributed by atoms with Gasteiger partial charge in [0.05, 0.1) is 11.4 Å². The maximum absolute atomic E-state index is 12.9. The van der Waals surface area contributed by atoms with E-state index in [1.54, 1.807) is 0 Å². The van der Waals surface area contributed by atoms with Crippen LogP contribution in [-0.4, -0.2) is 33.8 Å². The van der Waals surface area contributed by atoms with Crippen molar-refractivity contribution >= 4 is 39.9 Å². The molecule has 3 aromatic rings. The molecular weight excluding hydrogens is 396 g/mol. The summed E-state index contributed by atoms with van der Waals surface area (Å²) < 4.78 is 7.93. The molecule has 4 rings (SSSR count). The predicted octanol–water partition coefficient (Wildman–Crippen LogP) is 5.22. The van der Waals surface area contributed by atoms with Gasteiger partial charge in [-0.15, -0.1) is 0 Å². The van der Waals surface area contributed by atoms with Gasteiger partial charge in [-0.2, -0.15) is 0 Å². The summed E-state index contributed by atoms with van der Waals surface area (Å²) in [5, 5.41) is 0.816. The van der Waals surface area contributed by atoms with Crippen LogP contribution < -0.4 is 4.74 Å². The normalized spacial score (nSPS) is 15.6. The lowest BCUT2D eigenvalue weighted by atomic mass is 10.1. The molecule has 2 heterocycles. The molecule has 0 N–H and O–H groups in total. The molecule has 2 amide bonds. The van der Waals surface area contributed by atoms with Crippen LogP contribution in [0.25, 0.3) is 17.0 Å². The molecule has 2 aromatic carbocycles. The Morgan fingerprint density at radius 1 is 1.07 bits per heavy atom. The van der Waals surface area contributed by atoms with Gasteiger partial charge < -0.3 is 9.30 Å². The molecule has 1 aliphatic heterocycles. The van der Waals surface area contributed by atoms with Crippen molar-refractivity contribution in [2.24, 2.45) is 7.05 Å². The van der Waals surface area contributed by atoms with Crippen LogP contribution in [0.1, 0.15) is 22.4 Å². The van der Waals surface area contributed by atoms with Crippen molar-refractivity contribution in [1.82, 2.24) is 9.47 Å². The van der Waals surface area contributed by atoms with E-state index in [-0.39, 0.29) is 24.3 Å². The smallest absolute Gasteiger partial charge is 0.293 e. The quantitative estimate of drug-likeness (QED) is 0.531. The number of imide groups is 1. The summed E-state index contributed by atoms with van der Waals surface area (Å²) >= 11 is 0.989. The van der Waals surface area contributed by atoms with Gasteiger partial charge in [0.1, 0.15) is 12.4 Å². The highest BCUT2D eigenvalue weighted by Gasteiger charge is 2.35. The molecule has 154 valence electrons. The summed E-state index contributed by atoms with van der Waals surface area (Å²) in [7, 11) is 2.01. The molecular formula is C24H24N2O3S. The van der Waals surface area contributed by atoms with Crippen LogP contribution >= 0.6 is 11.8 Å². The first kappa shape index (κ1) is 20.3. The van der Waals surface area contributed by atoms with Gasteiger partial charge in [0.25, 0.3) is 11.1 Å². The molecule has 6 heteroatoms. The van der Waals surface area contributed by atoms with Crippen molar-refractivity contribution in [1.29, 1.82) is 0 Å². The van der Waals surface area contributed by atoms with Gasteiger partial charge in [-0.1, -0.05) is 30.3 Å². The Kier molecular flexibility index (Phi) is 5.43. The molecule has 1 aliphatic rings. The van der Waals surface area contributed by atoms with Gasteiger partial charge in [-0.3, -0.25) is 14.5 Å². The average molecular weight is 421 g/mol. The lowest BCUT2D eigenvalue weighted by Crippen LogP contribution is -2.32. The number of carbonyl (C=O) groups is 2. The Morgan fingerprint density at radius 3 is 2.63 bits per heavy atom. The minimum absolute atomic E-state index is 0.226. The van der Waals surface area contributed by atoms with Gasteiger partial charge in [0, 0.05) is 29.2 Å². The highest BCUT2D eigenvalue weighted by Crippen LogP contribution is 2.35. The molecule has 1 aromatic heterocycles. The van der Waals surface area contributed by atoms with E-state index < -0.39 is 0 Å². The van der Waals surface area contributed by atoms with Gasteiger partial charge in [-0.25, -0.2) is 0 Å². The highest BCUT2D eigenvalue weighted by molar-refractivity contribution is 8.18. The van der Waals surface area contributed by atoms with E-state index in [0.717, 1.165) is 50.8 Å². The minimum Gasteiger partial charge on any atom is -0.491 e. The zero-order chi connectivity index (χ0) is 21.4. The van der Waals surface area contributed by atoms with E-state index in [0.29, 0.717) is 4.91 Å². The molecule has 0 aliphatic carbocycles. The van der Waals surface area contributed by atoms with Crippen molar-refractivity contribution in [3.8, 4) is 5.75 Å². The van der Waals surface area contributed by atoms with Gasteiger partial charge in [0.2, 0.25) is 0 Å². The number of amides is 2. The Labute approximate surface area is 180 Å². The summed E-state index contributed by atoms with van der Waals surface area (Å²) in [4.78, 5) is 27.1. The number of aromatic nitrogens is 1. The van der Waals surface area contributed by atoms with Crippen LogP contribution in [0, 0.1) is 20.8 Å². The van der Waals surface area contributed by atoms with E-state index >= 15 is 0 Å². The molecule has 0 radical (unpaired) electrons. The molecule has 0 spiro atoms. The Morgan fingerprint density at radius 2 is 1.83 bits per heavy atom. The third-order valence-electron chi connectivity index (χ3n) is 5.51. The molecule has 0 unspecified atom stereocenters. The third kappa shape index (κ3) is 3.63. The predicted molar refractivity (Wildman–Crippen MR) is 122 cm³/mol. The maximum atomic E-state index is 12.9. The first-order valence-electron chi connectivity index (χ1n) is 9.86. The molecule has 0 saturated carbocycles. The van der Waals surface area contributed by atoms with Crippen molar-refractivity contribution in [3.63, 3.8) is 0 Å². The molecule has 1 saturated heterocycles. The molecule has 0 atom stereocenters. The van der Waals surface area contributed by atoms with Crippen molar-refractivity contribution in [2.45, 2.75) is 20.8 Å². The lowest BCUT2D eigenvalue weighted by molar-refractivity contribution is -0.123. The number of carbonyl (C=O) groups excluding carboxylic acids is 2. The summed E-state index contributed by atoms with van der Waals surface area (Å²) in [6.45, 7) is 6.49. The van der Waals surface area contributed by atoms with Crippen LogP contribution in [0.2, 0.25) is 0 Å². The Balaban J connectivity index is 1.52.